The number of aromatic nitrogens is 2. The van der Waals surface area contributed by atoms with Gasteiger partial charge < -0.3 is 9.84 Å². The molecule has 1 saturated heterocycles. The van der Waals surface area contributed by atoms with Crippen LogP contribution in [0.15, 0.2) is 28.8 Å². The van der Waals surface area contributed by atoms with E-state index in [9.17, 15) is 0 Å². The topological polar surface area (TPSA) is 51.0 Å². The first kappa shape index (κ1) is 12.7. The first-order valence-corrected chi connectivity index (χ1v) is 7.67. The molecular formula is C14H17N3OS. The number of nitrogens with zero attached hydrogens (tertiary/aromatic N) is 2. The molecule has 2 heterocycles. The fourth-order valence-electron chi connectivity index (χ4n) is 2.12. The highest BCUT2D eigenvalue weighted by Gasteiger charge is 2.17. The van der Waals surface area contributed by atoms with Gasteiger partial charge in [0.1, 0.15) is 0 Å². The largest absolute Gasteiger partial charge is 0.339 e. The summed E-state index contributed by atoms with van der Waals surface area (Å²) in [7, 11) is 0. The molecule has 0 bridgehead atoms. The number of aryl methyl sites for hydroxylation is 1. The van der Waals surface area contributed by atoms with Gasteiger partial charge in [0.2, 0.25) is 11.7 Å². The molecule has 1 aromatic carbocycles. The van der Waals surface area contributed by atoms with Crippen molar-refractivity contribution >= 4 is 11.8 Å². The van der Waals surface area contributed by atoms with E-state index in [0.717, 1.165) is 30.2 Å². The molecule has 3 rings (SSSR count). The third kappa shape index (κ3) is 3.16. The summed E-state index contributed by atoms with van der Waals surface area (Å²) in [5.74, 6) is 3.70. The lowest BCUT2D eigenvalue weighted by molar-refractivity contribution is 0.363. The Balaban J connectivity index is 1.70. The Bertz CT molecular complexity index is 532. The van der Waals surface area contributed by atoms with Crippen LogP contribution in [0.25, 0.3) is 11.4 Å². The van der Waals surface area contributed by atoms with Gasteiger partial charge in [-0.15, -0.1) is 0 Å². The summed E-state index contributed by atoms with van der Waals surface area (Å²) >= 11 is 1.97. The van der Waals surface area contributed by atoms with Gasteiger partial charge in [0.25, 0.3) is 0 Å². The summed E-state index contributed by atoms with van der Waals surface area (Å²) in [6.45, 7) is 3.13. The molecule has 1 aromatic heterocycles. The molecule has 0 spiro atoms. The number of nitrogens with one attached hydrogen (secondary N) is 1. The van der Waals surface area contributed by atoms with E-state index in [1.807, 2.05) is 23.9 Å². The SMILES string of the molecule is Cc1ccc(-c2noc(CC3CSCCN3)n2)cc1. The van der Waals surface area contributed by atoms with Gasteiger partial charge in [-0.25, -0.2) is 0 Å². The minimum absolute atomic E-state index is 0.449. The van der Waals surface area contributed by atoms with Gasteiger partial charge in [0, 0.05) is 36.1 Å². The van der Waals surface area contributed by atoms with Crippen molar-refractivity contribution in [2.45, 2.75) is 19.4 Å². The molecule has 0 aliphatic carbocycles. The van der Waals surface area contributed by atoms with Crippen molar-refractivity contribution in [1.82, 2.24) is 15.5 Å². The first-order chi connectivity index (χ1) is 9.31. The fraction of sp³-hybridized carbons (Fsp3) is 0.429. The Morgan fingerprint density at radius 3 is 2.95 bits per heavy atom. The molecule has 1 aliphatic heterocycles. The summed E-state index contributed by atoms with van der Waals surface area (Å²) in [5.41, 5.74) is 2.24. The van der Waals surface area contributed by atoms with Crippen LogP contribution in [0.3, 0.4) is 0 Å². The Hall–Kier alpha value is -1.33. The normalized spacial score (nSPS) is 19.5. The van der Waals surface area contributed by atoms with E-state index in [1.165, 1.54) is 11.3 Å². The maximum Gasteiger partial charge on any atom is 0.228 e. The highest BCUT2D eigenvalue weighted by atomic mass is 32.2. The van der Waals surface area contributed by atoms with E-state index in [-0.39, 0.29) is 0 Å². The minimum atomic E-state index is 0.449. The standard InChI is InChI=1S/C14H17N3OS/c1-10-2-4-11(5-3-10)14-16-13(18-17-14)8-12-9-19-7-6-15-12/h2-5,12,15H,6-9H2,1H3. The summed E-state index contributed by atoms with van der Waals surface area (Å²) < 4.78 is 5.34. The van der Waals surface area contributed by atoms with Crippen molar-refractivity contribution in [3.8, 4) is 11.4 Å². The van der Waals surface area contributed by atoms with Crippen molar-refractivity contribution in [2.24, 2.45) is 0 Å². The zero-order valence-electron chi connectivity index (χ0n) is 10.9. The summed E-state index contributed by atoms with van der Waals surface area (Å²) in [4.78, 5) is 4.48. The van der Waals surface area contributed by atoms with Gasteiger partial charge in [0.05, 0.1) is 0 Å². The molecule has 1 fully saturated rings. The molecule has 0 radical (unpaired) electrons. The molecule has 1 atom stereocenters. The van der Waals surface area contributed by atoms with Crippen LogP contribution < -0.4 is 5.32 Å². The minimum Gasteiger partial charge on any atom is -0.339 e. The number of hydrogen-bond acceptors (Lipinski definition) is 5. The average molecular weight is 275 g/mol. The number of rotatable bonds is 3. The lowest BCUT2D eigenvalue weighted by atomic mass is 10.1. The third-order valence-electron chi connectivity index (χ3n) is 3.20. The monoisotopic (exact) mass is 275 g/mol. The van der Waals surface area contributed by atoms with E-state index < -0.39 is 0 Å². The van der Waals surface area contributed by atoms with Gasteiger partial charge in [-0.3, -0.25) is 0 Å². The average Bonchev–Trinajstić information content (AvgIpc) is 2.89. The van der Waals surface area contributed by atoms with Crippen LogP contribution in [0.2, 0.25) is 0 Å². The molecule has 1 N–H and O–H groups in total. The molecule has 4 nitrogen and oxygen atoms in total. The maximum absolute atomic E-state index is 5.34. The summed E-state index contributed by atoms with van der Waals surface area (Å²) in [6, 6.07) is 8.62. The number of hydrogen-bond donors (Lipinski definition) is 1. The zero-order valence-corrected chi connectivity index (χ0v) is 11.7. The van der Waals surface area contributed by atoms with Crippen LogP contribution in [0.5, 0.6) is 0 Å². The van der Waals surface area contributed by atoms with Crippen molar-refractivity contribution in [1.29, 1.82) is 0 Å². The van der Waals surface area contributed by atoms with Crippen LogP contribution in [0.4, 0.5) is 0 Å². The van der Waals surface area contributed by atoms with Crippen LogP contribution in [-0.4, -0.2) is 34.2 Å². The Labute approximate surface area is 117 Å². The maximum atomic E-state index is 5.34. The molecule has 1 aliphatic rings. The molecule has 0 saturated carbocycles. The van der Waals surface area contributed by atoms with Crippen molar-refractivity contribution in [2.75, 3.05) is 18.1 Å². The second kappa shape index (κ2) is 5.75. The molecule has 0 amide bonds. The van der Waals surface area contributed by atoms with Gasteiger partial charge in [-0.05, 0) is 6.92 Å². The zero-order chi connectivity index (χ0) is 13.1. The fourth-order valence-corrected chi connectivity index (χ4v) is 3.07. The molecule has 1 unspecified atom stereocenters. The lowest BCUT2D eigenvalue weighted by Crippen LogP contribution is -2.38. The Morgan fingerprint density at radius 2 is 2.21 bits per heavy atom. The molecule has 100 valence electrons. The van der Waals surface area contributed by atoms with Crippen LogP contribution >= 0.6 is 11.8 Å². The molecule has 5 heteroatoms. The Morgan fingerprint density at radius 1 is 1.37 bits per heavy atom. The third-order valence-corrected chi connectivity index (χ3v) is 4.33. The van der Waals surface area contributed by atoms with Crippen LogP contribution in [0, 0.1) is 6.92 Å². The van der Waals surface area contributed by atoms with Crippen molar-refractivity contribution < 1.29 is 4.52 Å². The van der Waals surface area contributed by atoms with E-state index in [0.29, 0.717) is 11.9 Å². The number of benzene rings is 1. The van der Waals surface area contributed by atoms with Gasteiger partial charge in [-0.1, -0.05) is 35.0 Å². The highest BCUT2D eigenvalue weighted by molar-refractivity contribution is 7.99. The Kier molecular flexibility index (Phi) is 3.84. The highest BCUT2D eigenvalue weighted by Crippen LogP contribution is 2.18. The van der Waals surface area contributed by atoms with Gasteiger partial charge in [0.15, 0.2) is 0 Å². The molecule has 19 heavy (non-hydrogen) atoms. The van der Waals surface area contributed by atoms with Crippen molar-refractivity contribution in [3.05, 3.63) is 35.7 Å². The van der Waals surface area contributed by atoms with Crippen LogP contribution in [0.1, 0.15) is 11.5 Å². The lowest BCUT2D eigenvalue weighted by Gasteiger charge is -2.21. The van der Waals surface area contributed by atoms with E-state index in [2.05, 4.69) is 34.5 Å². The van der Waals surface area contributed by atoms with E-state index in [1.54, 1.807) is 0 Å². The van der Waals surface area contributed by atoms with E-state index >= 15 is 0 Å². The van der Waals surface area contributed by atoms with Gasteiger partial charge >= 0.3 is 0 Å². The molecular weight excluding hydrogens is 258 g/mol. The van der Waals surface area contributed by atoms with Crippen LogP contribution in [-0.2, 0) is 6.42 Å². The summed E-state index contributed by atoms with van der Waals surface area (Å²) in [6.07, 6.45) is 0.811. The predicted molar refractivity (Wildman–Crippen MR) is 77.3 cm³/mol. The molecule has 2 aromatic rings. The second-order valence-electron chi connectivity index (χ2n) is 4.81. The summed E-state index contributed by atoms with van der Waals surface area (Å²) in [5, 5.41) is 7.54. The number of thioether (sulfide) groups is 1. The van der Waals surface area contributed by atoms with E-state index in [4.69, 9.17) is 4.52 Å². The smallest absolute Gasteiger partial charge is 0.228 e. The quantitative estimate of drug-likeness (QED) is 0.931. The van der Waals surface area contributed by atoms with Gasteiger partial charge in [-0.2, -0.15) is 16.7 Å². The van der Waals surface area contributed by atoms with Crippen molar-refractivity contribution in [3.63, 3.8) is 0 Å². The second-order valence-corrected chi connectivity index (χ2v) is 5.96. The predicted octanol–water partition coefficient (Wildman–Crippen LogP) is 2.29. The first-order valence-electron chi connectivity index (χ1n) is 6.52.